The number of hydrogen-bond acceptors (Lipinski definition) is 6. The molecule has 1 aromatic rings. The third-order valence-electron chi connectivity index (χ3n) is 2.14. The van der Waals surface area contributed by atoms with Gasteiger partial charge in [-0.1, -0.05) is 0 Å². The molecule has 0 aliphatic carbocycles. The van der Waals surface area contributed by atoms with E-state index < -0.39 is 18.1 Å². The molecule has 0 bridgehead atoms. The number of nitrogens with one attached hydrogen (secondary N) is 1. The Balaban J connectivity index is 2.56. The molecule has 94 valence electrons. The normalized spacial score (nSPS) is 14.1. The molecule has 2 atom stereocenters. The van der Waals surface area contributed by atoms with Crippen LogP contribution in [0.2, 0.25) is 0 Å². The summed E-state index contributed by atoms with van der Waals surface area (Å²) in [5.41, 5.74) is 0.706. The number of nitrogens with zero attached hydrogens (tertiary/aromatic N) is 2. The van der Waals surface area contributed by atoms with Crippen molar-refractivity contribution >= 4 is 5.97 Å². The molecular weight excluding hydrogens is 226 g/mol. The number of methoxy groups -OCH3 is 1. The fourth-order valence-electron chi connectivity index (χ4n) is 1.23. The SMILES string of the molecule is COc1ncc(CN[C@H](C(=O)O)[C@H](C)O)cn1. The number of aromatic nitrogens is 2. The molecule has 0 unspecified atom stereocenters. The van der Waals surface area contributed by atoms with Gasteiger partial charge in [-0.05, 0) is 6.92 Å². The van der Waals surface area contributed by atoms with Crippen molar-refractivity contribution in [2.75, 3.05) is 7.11 Å². The van der Waals surface area contributed by atoms with Gasteiger partial charge in [-0.2, -0.15) is 0 Å². The Morgan fingerprint density at radius 1 is 1.53 bits per heavy atom. The highest BCUT2D eigenvalue weighted by molar-refractivity contribution is 5.74. The van der Waals surface area contributed by atoms with Crippen molar-refractivity contribution in [2.24, 2.45) is 0 Å². The lowest BCUT2D eigenvalue weighted by atomic mass is 10.2. The standard InChI is InChI=1S/C10H15N3O4/c1-6(14)8(9(15)16)11-3-7-4-12-10(17-2)13-5-7/h4-6,8,11,14H,3H2,1-2H3,(H,15,16)/t6-,8-/m0/s1. The topological polar surface area (TPSA) is 105 Å². The van der Waals surface area contributed by atoms with Gasteiger partial charge >= 0.3 is 12.0 Å². The van der Waals surface area contributed by atoms with Crippen molar-refractivity contribution in [3.63, 3.8) is 0 Å². The molecule has 0 aliphatic rings. The molecule has 0 aromatic carbocycles. The number of aliphatic hydroxyl groups excluding tert-OH is 1. The van der Waals surface area contributed by atoms with Gasteiger partial charge in [0.2, 0.25) is 0 Å². The first kappa shape index (κ1) is 13.3. The van der Waals surface area contributed by atoms with E-state index in [1.54, 1.807) is 0 Å². The molecule has 7 nitrogen and oxygen atoms in total. The van der Waals surface area contributed by atoms with Crippen molar-refractivity contribution in [3.05, 3.63) is 18.0 Å². The molecule has 1 rings (SSSR count). The lowest BCUT2D eigenvalue weighted by Crippen LogP contribution is -2.44. The number of aliphatic hydroxyl groups is 1. The summed E-state index contributed by atoms with van der Waals surface area (Å²) < 4.78 is 4.79. The number of hydrogen-bond donors (Lipinski definition) is 3. The van der Waals surface area contributed by atoms with Crippen LogP contribution in [0.4, 0.5) is 0 Å². The maximum Gasteiger partial charge on any atom is 0.323 e. The highest BCUT2D eigenvalue weighted by Gasteiger charge is 2.21. The highest BCUT2D eigenvalue weighted by atomic mass is 16.5. The van der Waals surface area contributed by atoms with E-state index in [9.17, 15) is 9.90 Å². The van der Waals surface area contributed by atoms with Gasteiger partial charge in [0.1, 0.15) is 6.04 Å². The van der Waals surface area contributed by atoms with Gasteiger partial charge in [-0.25, -0.2) is 9.97 Å². The largest absolute Gasteiger partial charge is 0.480 e. The van der Waals surface area contributed by atoms with Gasteiger partial charge in [-0.3, -0.25) is 10.1 Å². The van der Waals surface area contributed by atoms with Gasteiger partial charge in [-0.15, -0.1) is 0 Å². The third-order valence-corrected chi connectivity index (χ3v) is 2.14. The quantitative estimate of drug-likeness (QED) is 0.611. The van der Waals surface area contributed by atoms with Crippen LogP contribution < -0.4 is 10.1 Å². The zero-order chi connectivity index (χ0) is 12.8. The molecule has 3 N–H and O–H groups in total. The Labute approximate surface area is 98.5 Å². The van der Waals surface area contributed by atoms with E-state index >= 15 is 0 Å². The van der Waals surface area contributed by atoms with Crippen LogP contribution in [-0.4, -0.2) is 45.4 Å². The highest BCUT2D eigenvalue weighted by Crippen LogP contribution is 2.02. The van der Waals surface area contributed by atoms with Crippen LogP contribution in [0.3, 0.4) is 0 Å². The van der Waals surface area contributed by atoms with Crippen LogP contribution in [0.5, 0.6) is 6.01 Å². The van der Waals surface area contributed by atoms with Crippen LogP contribution in [0, 0.1) is 0 Å². The minimum Gasteiger partial charge on any atom is -0.480 e. The molecular formula is C10H15N3O4. The van der Waals surface area contributed by atoms with E-state index in [0.717, 1.165) is 0 Å². The predicted octanol–water partition coefficient (Wildman–Crippen LogP) is -0.591. The van der Waals surface area contributed by atoms with Gasteiger partial charge in [0.25, 0.3) is 0 Å². The monoisotopic (exact) mass is 241 g/mol. The second-order valence-corrected chi connectivity index (χ2v) is 3.52. The van der Waals surface area contributed by atoms with Crippen LogP contribution in [0.1, 0.15) is 12.5 Å². The first-order valence-electron chi connectivity index (χ1n) is 5.03. The van der Waals surface area contributed by atoms with Crippen LogP contribution >= 0.6 is 0 Å². The summed E-state index contributed by atoms with van der Waals surface area (Å²) in [6.45, 7) is 1.67. The van der Waals surface area contributed by atoms with Gasteiger partial charge in [0.05, 0.1) is 13.2 Å². The number of carboxylic acid groups (broad SMARTS) is 1. The summed E-state index contributed by atoms with van der Waals surface area (Å²) >= 11 is 0. The predicted molar refractivity (Wildman–Crippen MR) is 58.5 cm³/mol. The summed E-state index contributed by atoms with van der Waals surface area (Å²) in [5.74, 6) is -1.10. The molecule has 0 radical (unpaired) electrons. The second-order valence-electron chi connectivity index (χ2n) is 3.52. The average Bonchev–Trinajstić information content (AvgIpc) is 2.29. The van der Waals surface area contributed by atoms with E-state index in [2.05, 4.69) is 15.3 Å². The van der Waals surface area contributed by atoms with Crippen molar-refractivity contribution in [1.82, 2.24) is 15.3 Å². The van der Waals surface area contributed by atoms with Crippen LogP contribution in [0.15, 0.2) is 12.4 Å². The van der Waals surface area contributed by atoms with Gasteiger partial charge in [0.15, 0.2) is 0 Å². The van der Waals surface area contributed by atoms with Crippen LogP contribution in [-0.2, 0) is 11.3 Å². The smallest absolute Gasteiger partial charge is 0.323 e. The third kappa shape index (κ3) is 3.97. The van der Waals surface area contributed by atoms with E-state index in [1.165, 1.54) is 26.4 Å². The maximum atomic E-state index is 10.8. The Hall–Kier alpha value is -1.73. The molecule has 0 amide bonds. The number of carbonyl (C=O) groups is 1. The second kappa shape index (κ2) is 6.12. The van der Waals surface area contributed by atoms with Crippen molar-refractivity contribution < 1.29 is 19.7 Å². The molecule has 0 saturated carbocycles. The van der Waals surface area contributed by atoms with E-state index in [0.29, 0.717) is 5.56 Å². The number of ether oxygens (including phenoxy) is 1. The Kier molecular flexibility index (Phi) is 4.80. The van der Waals surface area contributed by atoms with Crippen molar-refractivity contribution in [2.45, 2.75) is 25.6 Å². The summed E-state index contributed by atoms with van der Waals surface area (Å²) in [6.07, 6.45) is 2.08. The minimum absolute atomic E-state index is 0.249. The first-order chi connectivity index (χ1) is 8.04. The van der Waals surface area contributed by atoms with E-state index in [1.807, 2.05) is 0 Å². The zero-order valence-corrected chi connectivity index (χ0v) is 9.62. The summed E-state index contributed by atoms with van der Waals surface area (Å²) in [5, 5.41) is 20.8. The lowest BCUT2D eigenvalue weighted by Gasteiger charge is -2.16. The van der Waals surface area contributed by atoms with Gasteiger partial charge < -0.3 is 14.9 Å². The molecule has 0 saturated heterocycles. The summed E-state index contributed by atoms with van der Waals surface area (Å²) in [7, 11) is 1.46. The molecule has 0 aliphatic heterocycles. The number of rotatable bonds is 6. The molecule has 0 spiro atoms. The molecule has 0 fully saturated rings. The molecule has 1 aromatic heterocycles. The fourth-order valence-corrected chi connectivity index (χ4v) is 1.23. The minimum atomic E-state index is -1.10. The van der Waals surface area contributed by atoms with Gasteiger partial charge in [0, 0.05) is 24.5 Å². The van der Waals surface area contributed by atoms with Crippen molar-refractivity contribution in [1.29, 1.82) is 0 Å². The Bertz CT molecular complexity index is 366. The first-order valence-corrected chi connectivity index (χ1v) is 5.03. The number of carboxylic acids is 1. The van der Waals surface area contributed by atoms with Crippen LogP contribution in [0.25, 0.3) is 0 Å². The fraction of sp³-hybridized carbons (Fsp3) is 0.500. The number of aliphatic carboxylic acids is 1. The summed E-state index contributed by atoms with van der Waals surface area (Å²) in [4.78, 5) is 18.6. The lowest BCUT2D eigenvalue weighted by molar-refractivity contribution is -0.142. The maximum absolute atomic E-state index is 10.8. The Morgan fingerprint density at radius 2 is 2.12 bits per heavy atom. The van der Waals surface area contributed by atoms with Crippen molar-refractivity contribution in [3.8, 4) is 6.01 Å². The zero-order valence-electron chi connectivity index (χ0n) is 9.62. The van der Waals surface area contributed by atoms with E-state index in [4.69, 9.17) is 9.84 Å². The average molecular weight is 241 g/mol. The molecule has 1 heterocycles. The molecule has 17 heavy (non-hydrogen) atoms. The molecule has 7 heteroatoms. The Morgan fingerprint density at radius 3 is 2.53 bits per heavy atom. The summed E-state index contributed by atoms with van der Waals surface area (Å²) in [6, 6.07) is -0.767. The van der Waals surface area contributed by atoms with E-state index in [-0.39, 0.29) is 12.6 Å².